The van der Waals surface area contributed by atoms with Crippen molar-refractivity contribution >= 4 is 58.0 Å². The Balaban J connectivity index is 1.48. The number of amides is 1. The second-order valence-corrected chi connectivity index (χ2v) is 10.8. The van der Waals surface area contributed by atoms with Crippen LogP contribution in [0, 0.1) is 5.82 Å². The second-order valence-electron chi connectivity index (χ2n) is 8.02. The lowest BCUT2D eigenvalue weighted by Gasteiger charge is -2.39. The molecule has 1 aliphatic heterocycles. The summed E-state index contributed by atoms with van der Waals surface area (Å²) >= 11 is 14.7. The van der Waals surface area contributed by atoms with Crippen LogP contribution in [0.25, 0.3) is 0 Å². The molecule has 3 heterocycles. The Morgan fingerprint density at radius 3 is 2.61 bits per heavy atom. The van der Waals surface area contributed by atoms with Gasteiger partial charge in [0.2, 0.25) is 11.8 Å². The molecule has 1 amide bonds. The summed E-state index contributed by atoms with van der Waals surface area (Å²) in [6, 6.07) is 18.0. The average molecular weight is 559 g/mol. The van der Waals surface area contributed by atoms with E-state index >= 15 is 0 Å². The lowest BCUT2D eigenvalue weighted by atomic mass is 9.79. The number of aromatic nitrogens is 1. The number of thiophene rings is 1. The third-order valence-corrected chi connectivity index (χ3v) is 8.41. The molecule has 0 saturated carbocycles. The van der Waals surface area contributed by atoms with Gasteiger partial charge in [0.05, 0.1) is 15.7 Å². The van der Waals surface area contributed by atoms with Gasteiger partial charge in [0.1, 0.15) is 22.4 Å². The van der Waals surface area contributed by atoms with Crippen LogP contribution in [0.1, 0.15) is 17.7 Å². The van der Waals surface area contributed by atoms with Crippen molar-refractivity contribution in [3.8, 4) is 11.6 Å². The highest BCUT2D eigenvalue weighted by atomic mass is 35.5. The summed E-state index contributed by atoms with van der Waals surface area (Å²) in [5, 5.41) is 6.28. The molecule has 10 heteroatoms. The first-order valence-electron chi connectivity index (χ1n) is 10.7. The number of rotatable bonds is 6. The van der Waals surface area contributed by atoms with Crippen molar-refractivity contribution in [2.24, 2.45) is 0 Å². The molecule has 2 aromatic heterocycles. The molecule has 36 heavy (non-hydrogen) atoms. The molecular weight excluding hydrogens is 542 g/mol. The number of ether oxygens (including phenoxy) is 1. The number of pyridine rings is 1. The normalized spacial score (nSPS) is 19.7. The molecule has 2 aromatic carbocycles. The number of piperidine rings is 1. The molecule has 182 valence electrons. The monoisotopic (exact) mass is 558 g/mol. The van der Waals surface area contributed by atoms with E-state index in [0.717, 1.165) is 17.3 Å². The van der Waals surface area contributed by atoms with E-state index in [1.807, 2.05) is 16.8 Å². The van der Waals surface area contributed by atoms with Gasteiger partial charge >= 0.3 is 0 Å². The van der Waals surface area contributed by atoms with Crippen LogP contribution in [0.4, 0.5) is 4.39 Å². The quantitative estimate of drug-likeness (QED) is 0.261. The Morgan fingerprint density at radius 2 is 1.89 bits per heavy atom. The molecule has 0 radical (unpaired) electrons. The molecule has 4 aromatic rings. The molecule has 5 nitrogen and oxygen atoms in total. The number of carbonyl (C=O) groups is 2. The zero-order chi connectivity index (χ0) is 25.3. The van der Waals surface area contributed by atoms with Crippen LogP contribution in [-0.4, -0.2) is 21.9 Å². The van der Waals surface area contributed by atoms with Gasteiger partial charge in [-0.25, -0.2) is 9.37 Å². The van der Waals surface area contributed by atoms with Crippen LogP contribution in [-0.2, 0) is 15.1 Å². The Hall–Kier alpha value is -2.91. The van der Waals surface area contributed by atoms with Crippen molar-refractivity contribution in [3.05, 3.63) is 105 Å². The van der Waals surface area contributed by atoms with E-state index in [0.29, 0.717) is 21.4 Å². The van der Waals surface area contributed by atoms with Gasteiger partial charge in [0.15, 0.2) is 5.78 Å². The predicted octanol–water partition coefficient (Wildman–Crippen LogP) is 6.87. The Bertz CT molecular complexity index is 1430. The predicted molar refractivity (Wildman–Crippen MR) is 140 cm³/mol. The van der Waals surface area contributed by atoms with E-state index in [9.17, 15) is 14.0 Å². The Labute approximate surface area is 224 Å². The maximum atomic E-state index is 13.5. The summed E-state index contributed by atoms with van der Waals surface area (Å²) in [5.41, 5.74) is 0.00490. The van der Waals surface area contributed by atoms with Gasteiger partial charge in [-0.05, 0) is 52.7 Å². The van der Waals surface area contributed by atoms with Gasteiger partial charge < -0.3 is 10.1 Å². The van der Waals surface area contributed by atoms with Gasteiger partial charge in [0.25, 0.3) is 0 Å². The fourth-order valence-electron chi connectivity index (χ4n) is 3.96. The topological polar surface area (TPSA) is 68.3 Å². The summed E-state index contributed by atoms with van der Waals surface area (Å²) in [6.07, 6.45) is -0.00355. The molecule has 1 aliphatic rings. The van der Waals surface area contributed by atoms with Crippen LogP contribution in [0.3, 0.4) is 0 Å². The van der Waals surface area contributed by atoms with Crippen LogP contribution in [0.15, 0.2) is 82.4 Å². The first kappa shape index (κ1) is 24.8. The molecule has 0 bridgehead atoms. The second kappa shape index (κ2) is 10.2. The van der Waals surface area contributed by atoms with Gasteiger partial charge in [-0.2, -0.15) is 11.3 Å². The minimum absolute atomic E-state index is 0.00355. The Kier molecular flexibility index (Phi) is 7.03. The number of benzene rings is 2. The number of hydrogen-bond acceptors (Lipinski definition) is 6. The number of thioether (sulfide) groups is 1. The van der Waals surface area contributed by atoms with Crippen molar-refractivity contribution in [1.29, 1.82) is 0 Å². The van der Waals surface area contributed by atoms with Gasteiger partial charge in [0, 0.05) is 23.4 Å². The minimum Gasteiger partial charge on any atom is -0.439 e. The molecule has 0 aliphatic carbocycles. The molecule has 1 N–H and O–H groups in total. The zero-order valence-corrected chi connectivity index (χ0v) is 21.6. The van der Waals surface area contributed by atoms with Crippen LogP contribution in [0.5, 0.6) is 11.6 Å². The third-order valence-electron chi connectivity index (χ3n) is 5.68. The highest BCUT2D eigenvalue weighted by Gasteiger charge is 2.48. The van der Waals surface area contributed by atoms with Crippen LogP contribution in [0.2, 0.25) is 10.0 Å². The number of hydrogen-bond donors (Lipinski definition) is 1. The maximum absolute atomic E-state index is 13.5. The van der Waals surface area contributed by atoms with E-state index in [1.54, 1.807) is 42.5 Å². The third kappa shape index (κ3) is 4.86. The van der Waals surface area contributed by atoms with Crippen molar-refractivity contribution in [3.63, 3.8) is 0 Å². The van der Waals surface area contributed by atoms with Crippen molar-refractivity contribution in [1.82, 2.24) is 10.3 Å². The standard InChI is InChI=1S/C26H17Cl2FN2O3S2/c27-17-4-1-2-5-21(17)36-24-20(32)13-26(31-25(24)33,15-10-11-35-14-15)22-6-3-7-23(30-22)34-16-8-9-19(29)18(28)12-16/h1-12,14,24H,13H2,(H,31,33). The Morgan fingerprint density at radius 1 is 1.06 bits per heavy atom. The van der Waals surface area contributed by atoms with E-state index < -0.39 is 22.5 Å². The molecule has 5 rings (SSSR count). The molecular formula is C26H17Cl2FN2O3S2. The molecule has 2 atom stereocenters. The first-order valence-corrected chi connectivity index (χ1v) is 13.3. The van der Waals surface area contributed by atoms with E-state index in [4.69, 9.17) is 27.9 Å². The lowest BCUT2D eigenvalue weighted by molar-refractivity contribution is -0.133. The molecule has 0 spiro atoms. The summed E-state index contributed by atoms with van der Waals surface area (Å²) in [7, 11) is 0. The smallest absolute Gasteiger partial charge is 0.242 e. The zero-order valence-electron chi connectivity index (χ0n) is 18.4. The fraction of sp³-hybridized carbons (Fsp3) is 0.115. The highest BCUT2D eigenvalue weighted by molar-refractivity contribution is 8.01. The number of carbonyl (C=O) groups excluding carboxylic acids is 2. The van der Waals surface area contributed by atoms with Crippen LogP contribution >= 0.6 is 46.3 Å². The van der Waals surface area contributed by atoms with Crippen molar-refractivity contribution < 1.29 is 18.7 Å². The summed E-state index contributed by atoms with van der Waals surface area (Å²) < 4.78 is 19.3. The lowest BCUT2D eigenvalue weighted by Crippen LogP contribution is -2.58. The highest BCUT2D eigenvalue weighted by Crippen LogP contribution is 2.41. The van der Waals surface area contributed by atoms with E-state index in [-0.39, 0.29) is 23.1 Å². The van der Waals surface area contributed by atoms with Gasteiger partial charge in [-0.1, -0.05) is 41.4 Å². The summed E-state index contributed by atoms with van der Waals surface area (Å²) in [4.78, 5) is 32.0. The summed E-state index contributed by atoms with van der Waals surface area (Å²) in [5.74, 6) is -0.724. The number of ketones is 1. The van der Waals surface area contributed by atoms with Crippen molar-refractivity contribution in [2.75, 3.05) is 0 Å². The average Bonchev–Trinajstić information content (AvgIpc) is 3.41. The maximum Gasteiger partial charge on any atom is 0.242 e. The number of nitrogens with one attached hydrogen (secondary N) is 1. The van der Waals surface area contributed by atoms with E-state index in [1.165, 1.54) is 29.5 Å². The van der Waals surface area contributed by atoms with Gasteiger partial charge in [-0.3, -0.25) is 9.59 Å². The first-order chi connectivity index (χ1) is 17.4. The molecule has 1 saturated heterocycles. The number of nitrogens with zero attached hydrogens (tertiary/aromatic N) is 1. The minimum atomic E-state index is -1.18. The number of Topliss-reactive ketones (excluding diaryl/α,β-unsaturated/α-hetero) is 1. The summed E-state index contributed by atoms with van der Waals surface area (Å²) in [6.45, 7) is 0. The van der Waals surface area contributed by atoms with Crippen LogP contribution < -0.4 is 10.1 Å². The van der Waals surface area contributed by atoms with E-state index in [2.05, 4.69) is 10.3 Å². The SMILES string of the molecule is O=C1CC(c2ccsc2)(c2cccc(Oc3ccc(F)c(Cl)c3)n2)NC(=O)C1Sc1ccccc1Cl. The van der Waals surface area contributed by atoms with Crippen molar-refractivity contribution in [2.45, 2.75) is 22.1 Å². The number of halogens is 3. The largest absolute Gasteiger partial charge is 0.439 e. The fourth-order valence-corrected chi connectivity index (χ4v) is 6.10. The van der Waals surface area contributed by atoms with Gasteiger partial charge in [-0.15, -0.1) is 11.8 Å². The molecule has 1 fully saturated rings. The molecule has 2 unspecified atom stereocenters.